The fraction of sp³-hybridized carbons (Fsp3) is 0.545. The minimum Gasteiger partial charge on any atom is -0.464 e. The average molecular weight is 287 g/mol. The van der Waals surface area contributed by atoms with Gasteiger partial charge in [0.2, 0.25) is 0 Å². The molecule has 0 aromatic carbocycles. The zero-order valence-electron chi connectivity index (χ0n) is 10.7. The normalized spacial score (nSPS) is 19.3. The Hall–Kier alpha value is -1.38. The van der Waals surface area contributed by atoms with E-state index in [1.807, 2.05) is 4.90 Å². The Kier molecular flexibility index (Phi) is 3.93. The molecule has 0 unspecified atom stereocenters. The summed E-state index contributed by atoms with van der Waals surface area (Å²) in [6, 6.07) is 1.64. The van der Waals surface area contributed by atoms with E-state index in [1.165, 1.54) is 0 Å². The van der Waals surface area contributed by atoms with Crippen molar-refractivity contribution in [3.63, 3.8) is 0 Å². The Morgan fingerprint density at radius 1 is 1.47 bits per heavy atom. The summed E-state index contributed by atoms with van der Waals surface area (Å²) in [6.07, 6.45) is 0. The summed E-state index contributed by atoms with van der Waals surface area (Å²) in [7, 11) is -2.88. The highest BCUT2D eigenvalue weighted by Crippen LogP contribution is 2.17. The molecule has 1 saturated heterocycles. The molecule has 7 nitrogen and oxygen atoms in total. The van der Waals surface area contributed by atoms with Gasteiger partial charge in [-0.25, -0.2) is 14.3 Å². The Balaban J connectivity index is 2.03. The van der Waals surface area contributed by atoms with E-state index < -0.39 is 15.7 Å². The van der Waals surface area contributed by atoms with E-state index in [0.717, 1.165) is 0 Å². The first-order chi connectivity index (χ1) is 8.91. The van der Waals surface area contributed by atoms with Crippen molar-refractivity contribution in [3.8, 4) is 0 Å². The number of carbonyl (C=O) groups excluding carboxylic acids is 1. The van der Waals surface area contributed by atoms with Gasteiger partial charge in [0, 0.05) is 13.1 Å². The number of nitrogens with two attached hydrogens (primary N) is 1. The van der Waals surface area contributed by atoms with Crippen molar-refractivity contribution < 1.29 is 17.6 Å². The number of rotatable bonds is 3. The highest BCUT2D eigenvalue weighted by atomic mass is 32.2. The quantitative estimate of drug-likeness (QED) is 0.438. The van der Waals surface area contributed by atoms with Gasteiger partial charge in [0.05, 0.1) is 23.6 Å². The van der Waals surface area contributed by atoms with Crippen molar-refractivity contribution in [1.29, 1.82) is 0 Å². The van der Waals surface area contributed by atoms with Crippen LogP contribution < -0.4 is 11.3 Å². The van der Waals surface area contributed by atoms with Crippen LogP contribution in [0.1, 0.15) is 21.9 Å². The number of nitrogens with zero attached hydrogens (tertiary/aromatic N) is 1. The van der Waals surface area contributed by atoms with Gasteiger partial charge < -0.3 is 4.42 Å². The number of hydrogen-bond acceptors (Lipinski definition) is 6. The molecule has 3 N–H and O–H groups in total. The highest BCUT2D eigenvalue weighted by Gasteiger charge is 2.23. The molecule has 106 valence electrons. The van der Waals surface area contributed by atoms with Crippen LogP contribution in [-0.2, 0) is 16.4 Å². The van der Waals surface area contributed by atoms with E-state index in [9.17, 15) is 13.2 Å². The Labute approximate surface area is 111 Å². The fourth-order valence-electron chi connectivity index (χ4n) is 2.05. The molecule has 2 rings (SSSR count). The molecule has 0 bridgehead atoms. The number of furan rings is 1. The molecule has 1 aromatic rings. The number of nitrogens with one attached hydrogen (secondary N) is 1. The maximum atomic E-state index is 11.4. The summed E-state index contributed by atoms with van der Waals surface area (Å²) in [5.41, 5.74) is 2.46. The summed E-state index contributed by atoms with van der Waals surface area (Å²) >= 11 is 0. The molecule has 8 heteroatoms. The SMILES string of the molecule is Cc1oc(CN2CCS(=O)(=O)CC2)cc1C(=O)NN. The van der Waals surface area contributed by atoms with E-state index in [2.05, 4.69) is 5.43 Å². The van der Waals surface area contributed by atoms with Crippen LogP contribution in [0.4, 0.5) is 0 Å². The maximum absolute atomic E-state index is 11.4. The van der Waals surface area contributed by atoms with Gasteiger partial charge in [-0.15, -0.1) is 0 Å². The third-order valence-corrected chi connectivity index (χ3v) is 4.77. The third kappa shape index (κ3) is 3.34. The molecule has 0 spiro atoms. The molecule has 0 atom stereocenters. The van der Waals surface area contributed by atoms with Gasteiger partial charge in [-0.1, -0.05) is 0 Å². The molecule has 0 radical (unpaired) electrons. The monoisotopic (exact) mass is 287 g/mol. The fourth-order valence-corrected chi connectivity index (χ4v) is 3.33. The number of hydrogen-bond donors (Lipinski definition) is 2. The average Bonchev–Trinajstić information content (AvgIpc) is 2.72. The molecular weight excluding hydrogens is 270 g/mol. The summed E-state index contributed by atoms with van der Waals surface area (Å²) in [5.74, 6) is 6.16. The van der Waals surface area contributed by atoms with Gasteiger partial charge in [-0.2, -0.15) is 0 Å². The maximum Gasteiger partial charge on any atom is 0.268 e. The lowest BCUT2D eigenvalue weighted by Gasteiger charge is -2.25. The topological polar surface area (TPSA) is 106 Å². The van der Waals surface area contributed by atoms with Crippen LogP contribution in [0.25, 0.3) is 0 Å². The molecule has 1 aliphatic heterocycles. The summed E-state index contributed by atoms with van der Waals surface area (Å²) in [6.45, 7) is 3.16. The van der Waals surface area contributed by atoms with Gasteiger partial charge in [0.1, 0.15) is 11.5 Å². The van der Waals surface area contributed by atoms with E-state index in [1.54, 1.807) is 13.0 Å². The number of aryl methyl sites for hydroxylation is 1. The van der Waals surface area contributed by atoms with Gasteiger partial charge in [0.25, 0.3) is 5.91 Å². The van der Waals surface area contributed by atoms with Gasteiger partial charge in [0.15, 0.2) is 9.84 Å². The van der Waals surface area contributed by atoms with Crippen LogP contribution in [-0.4, -0.2) is 43.8 Å². The number of nitrogen functional groups attached to an aromatic ring is 1. The smallest absolute Gasteiger partial charge is 0.268 e. The van der Waals surface area contributed by atoms with Gasteiger partial charge in [-0.3, -0.25) is 15.1 Å². The van der Waals surface area contributed by atoms with Crippen molar-refractivity contribution in [3.05, 3.63) is 23.2 Å². The van der Waals surface area contributed by atoms with Crippen LogP contribution in [0, 0.1) is 6.92 Å². The van der Waals surface area contributed by atoms with Gasteiger partial charge in [-0.05, 0) is 13.0 Å². The lowest BCUT2D eigenvalue weighted by Crippen LogP contribution is -2.39. The lowest BCUT2D eigenvalue weighted by molar-refractivity contribution is 0.0952. The van der Waals surface area contributed by atoms with Crippen LogP contribution >= 0.6 is 0 Å². The lowest BCUT2D eigenvalue weighted by atomic mass is 10.2. The van der Waals surface area contributed by atoms with Crippen LogP contribution in [0.3, 0.4) is 0 Å². The van der Waals surface area contributed by atoms with Crippen molar-refractivity contribution in [2.75, 3.05) is 24.6 Å². The molecule has 1 aliphatic rings. The minimum absolute atomic E-state index is 0.169. The minimum atomic E-state index is -2.88. The molecule has 1 fully saturated rings. The van der Waals surface area contributed by atoms with Crippen LogP contribution in [0.2, 0.25) is 0 Å². The Morgan fingerprint density at radius 2 is 2.11 bits per heavy atom. The summed E-state index contributed by atoms with van der Waals surface area (Å²) in [4.78, 5) is 13.4. The van der Waals surface area contributed by atoms with E-state index in [4.69, 9.17) is 10.3 Å². The van der Waals surface area contributed by atoms with Crippen molar-refractivity contribution in [1.82, 2.24) is 10.3 Å². The third-order valence-electron chi connectivity index (χ3n) is 3.16. The standard InChI is InChI=1S/C11H17N3O4S/c1-8-10(11(15)13-12)6-9(18-8)7-14-2-4-19(16,17)5-3-14/h6H,2-5,7,12H2,1H3,(H,13,15). The zero-order chi connectivity index (χ0) is 14.0. The molecule has 19 heavy (non-hydrogen) atoms. The first-order valence-electron chi connectivity index (χ1n) is 5.94. The Morgan fingerprint density at radius 3 is 2.68 bits per heavy atom. The predicted octanol–water partition coefficient (Wildman–Crippen LogP) is -0.578. The molecule has 0 aliphatic carbocycles. The molecule has 2 heterocycles. The number of amides is 1. The second-order valence-electron chi connectivity index (χ2n) is 4.58. The number of hydrazine groups is 1. The van der Waals surface area contributed by atoms with Crippen molar-refractivity contribution in [2.24, 2.45) is 5.84 Å². The van der Waals surface area contributed by atoms with E-state index >= 15 is 0 Å². The predicted molar refractivity (Wildman–Crippen MR) is 69.0 cm³/mol. The molecule has 1 amide bonds. The van der Waals surface area contributed by atoms with Crippen molar-refractivity contribution in [2.45, 2.75) is 13.5 Å². The first kappa shape index (κ1) is 14.0. The zero-order valence-corrected chi connectivity index (χ0v) is 11.5. The number of sulfone groups is 1. The van der Waals surface area contributed by atoms with Crippen LogP contribution in [0.15, 0.2) is 10.5 Å². The van der Waals surface area contributed by atoms with E-state index in [0.29, 0.717) is 36.7 Å². The summed E-state index contributed by atoms with van der Waals surface area (Å²) in [5, 5.41) is 0. The molecule has 0 saturated carbocycles. The number of carbonyl (C=O) groups is 1. The Bertz CT molecular complexity index is 565. The van der Waals surface area contributed by atoms with E-state index in [-0.39, 0.29) is 11.5 Å². The molecule has 1 aromatic heterocycles. The van der Waals surface area contributed by atoms with Gasteiger partial charge >= 0.3 is 0 Å². The summed E-state index contributed by atoms with van der Waals surface area (Å²) < 4.78 is 28.1. The molecular formula is C11H17N3O4S. The largest absolute Gasteiger partial charge is 0.464 e. The second-order valence-corrected chi connectivity index (χ2v) is 6.89. The van der Waals surface area contributed by atoms with Crippen molar-refractivity contribution >= 4 is 15.7 Å². The highest BCUT2D eigenvalue weighted by molar-refractivity contribution is 7.91. The van der Waals surface area contributed by atoms with Crippen LogP contribution in [0.5, 0.6) is 0 Å². The second kappa shape index (κ2) is 5.32. The first-order valence-corrected chi connectivity index (χ1v) is 7.76.